The van der Waals surface area contributed by atoms with Crippen LogP contribution in [0, 0.1) is 35.5 Å². The van der Waals surface area contributed by atoms with Crippen LogP contribution < -0.4 is 0 Å². The highest BCUT2D eigenvalue weighted by Crippen LogP contribution is 2.42. The van der Waals surface area contributed by atoms with Gasteiger partial charge < -0.3 is 0 Å². The zero-order valence-electron chi connectivity index (χ0n) is 17.6. The van der Waals surface area contributed by atoms with Gasteiger partial charge in [0, 0.05) is 11.5 Å². The molecule has 2 saturated carbocycles. The summed E-state index contributed by atoms with van der Waals surface area (Å²) in [7, 11) is 0. The number of hydrogen-bond donors (Lipinski definition) is 0. The zero-order valence-corrected chi connectivity index (χ0v) is 17.6. The minimum atomic E-state index is 0.623. The minimum Gasteiger partial charge on any atom is -0.0945 e. The summed E-state index contributed by atoms with van der Waals surface area (Å²) in [5.74, 6) is 10.7. The predicted octanol–water partition coefficient (Wildman–Crippen LogP) is 7.87. The van der Waals surface area contributed by atoms with Crippen molar-refractivity contribution in [3.8, 4) is 11.8 Å². The first-order valence-corrected chi connectivity index (χ1v) is 11.6. The molecule has 27 heavy (non-hydrogen) atoms. The van der Waals surface area contributed by atoms with Crippen LogP contribution in [-0.4, -0.2) is 0 Å². The van der Waals surface area contributed by atoms with Gasteiger partial charge in [-0.2, -0.15) is 0 Å². The first-order valence-electron chi connectivity index (χ1n) is 11.6. The van der Waals surface area contributed by atoms with E-state index in [1.54, 1.807) is 0 Å². The topological polar surface area (TPSA) is 0 Å². The Bertz CT molecular complexity index is 623. The third-order valence-corrected chi connectivity index (χ3v) is 6.90. The van der Waals surface area contributed by atoms with Crippen LogP contribution in [0.1, 0.15) is 95.6 Å². The Morgan fingerprint density at radius 1 is 0.852 bits per heavy atom. The normalized spacial score (nSPS) is 28.7. The molecule has 0 N–H and O–H groups in total. The van der Waals surface area contributed by atoms with Crippen molar-refractivity contribution in [3.63, 3.8) is 0 Å². The van der Waals surface area contributed by atoms with Crippen LogP contribution in [0.5, 0.6) is 0 Å². The van der Waals surface area contributed by atoms with Crippen LogP contribution in [0.3, 0.4) is 0 Å². The molecule has 0 saturated heterocycles. The van der Waals surface area contributed by atoms with Crippen molar-refractivity contribution in [2.75, 3.05) is 0 Å². The third-order valence-electron chi connectivity index (χ3n) is 6.90. The molecule has 3 rings (SSSR count). The fraction of sp³-hybridized carbons (Fsp3) is 0.630. The second kappa shape index (κ2) is 10.8. The van der Waals surface area contributed by atoms with E-state index in [0.29, 0.717) is 5.92 Å². The van der Waals surface area contributed by atoms with Gasteiger partial charge in [-0.25, -0.2) is 0 Å². The number of allylic oxidation sites excluding steroid dienone is 1. The average molecular weight is 363 g/mol. The number of hydrogen-bond acceptors (Lipinski definition) is 0. The van der Waals surface area contributed by atoms with Crippen molar-refractivity contribution in [1.82, 2.24) is 0 Å². The zero-order chi connectivity index (χ0) is 18.9. The van der Waals surface area contributed by atoms with Crippen LogP contribution in [0.15, 0.2) is 30.3 Å². The Balaban J connectivity index is 1.44. The van der Waals surface area contributed by atoms with Crippen molar-refractivity contribution < 1.29 is 0 Å². The maximum atomic E-state index is 3.58. The van der Waals surface area contributed by atoms with Crippen LogP contribution in [0.4, 0.5) is 0 Å². The average Bonchev–Trinajstić information content (AvgIpc) is 2.73. The fourth-order valence-corrected chi connectivity index (χ4v) is 5.21. The molecule has 1 aromatic carbocycles. The van der Waals surface area contributed by atoms with Gasteiger partial charge in [0.1, 0.15) is 0 Å². The molecule has 2 aliphatic rings. The third kappa shape index (κ3) is 6.27. The Hall–Kier alpha value is -1.48. The van der Waals surface area contributed by atoms with Gasteiger partial charge in [-0.15, -0.1) is 0 Å². The summed E-state index contributed by atoms with van der Waals surface area (Å²) in [5.41, 5.74) is 2.44. The highest BCUT2D eigenvalue weighted by Gasteiger charge is 2.30. The van der Waals surface area contributed by atoms with Gasteiger partial charge >= 0.3 is 0 Å². The van der Waals surface area contributed by atoms with E-state index in [-0.39, 0.29) is 0 Å². The second-order valence-corrected chi connectivity index (χ2v) is 8.88. The van der Waals surface area contributed by atoms with Gasteiger partial charge in [-0.1, -0.05) is 75.7 Å². The van der Waals surface area contributed by atoms with Crippen LogP contribution >= 0.6 is 0 Å². The first-order chi connectivity index (χ1) is 13.3. The lowest BCUT2D eigenvalue weighted by atomic mass is 9.69. The molecular formula is C27H38. The fourth-order valence-electron chi connectivity index (χ4n) is 5.21. The maximum Gasteiger partial charge on any atom is 0.0245 e. The Morgan fingerprint density at radius 2 is 1.48 bits per heavy atom. The van der Waals surface area contributed by atoms with Crippen molar-refractivity contribution in [3.05, 3.63) is 41.5 Å². The van der Waals surface area contributed by atoms with Crippen LogP contribution in [0.2, 0.25) is 0 Å². The summed E-state index contributed by atoms with van der Waals surface area (Å²) in [5, 5.41) is 0. The van der Waals surface area contributed by atoms with Crippen molar-refractivity contribution in [2.24, 2.45) is 23.7 Å². The molecule has 0 heteroatoms. The number of benzene rings is 1. The van der Waals surface area contributed by atoms with E-state index in [1.165, 1.54) is 75.3 Å². The maximum absolute atomic E-state index is 3.58. The molecule has 0 aromatic heterocycles. The standard InChI is InChI=1S/C27H38/c1-3-5-7-23-8-10-24(11-9-23)12-13-25-16-20-27(21-17-25)26-18-14-22(6-4-2)15-19-26/h5,7-11,22,25-27H,3-4,6,14-21H2,1-2H3/b7-5+. The molecule has 0 radical (unpaired) electrons. The van der Waals surface area contributed by atoms with Gasteiger partial charge in [-0.05, 0) is 80.4 Å². The van der Waals surface area contributed by atoms with E-state index < -0.39 is 0 Å². The lowest BCUT2D eigenvalue weighted by molar-refractivity contribution is 0.154. The Kier molecular flexibility index (Phi) is 8.07. The molecule has 0 amide bonds. The molecule has 146 valence electrons. The first kappa shape index (κ1) is 20.3. The molecule has 0 unspecified atom stereocenters. The van der Waals surface area contributed by atoms with Crippen LogP contribution in [-0.2, 0) is 0 Å². The van der Waals surface area contributed by atoms with Gasteiger partial charge in [0.2, 0.25) is 0 Å². The molecule has 0 nitrogen and oxygen atoms in total. The summed E-state index contributed by atoms with van der Waals surface area (Å²) in [4.78, 5) is 0. The summed E-state index contributed by atoms with van der Waals surface area (Å²) in [6, 6.07) is 8.70. The summed E-state index contributed by atoms with van der Waals surface area (Å²) >= 11 is 0. The molecular weight excluding hydrogens is 324 g/mol. The van der Waals surface area contributed by atoms with E-state index in [4.69, 9.17) is 0 Å². The van der Waals surface area contributed by atoms with E-state index in [0.717, 1.165) is 24.2 Å². The molecule has 0 aliphatic heterocycles. The van der Waals surface area contributed by atoms with E-state index >= 15 is 0 Å². The summed E-state index contributed by atoms with van der Waals surface area (Å²) in [6.45, 7) is 4.51. The smallest absolute Gasteiger partial charge is 0.0245 e. The van der Waals surface area contributed by atoms with Gasteiger partial charge in [-0.3, -0.25) is 0 Å². The molecule has 0 heterocycles. The summed E-state index contributed by atoms with van der Waals surface area (Å²) < 4.78 is 0. The lowest BCUT2D eigenvalue weighted by Crippen LogP contribution is -2.25. The largest absolute Gasteiger partial charge is 0.0945 e. The van der Waals surface area contributed by atoms with Gasteiger partial charge in [0.05, 0.1) is 0 Å². The molecule has 0 spiro atoms. The van der Waals surface area contributed by atoms with Gasteiger partial charge in [0.15, 0.2) is 0 Å². The van der Waals surface area contributed by atoms with Gasteiger partial charge in [0.25, 0.3) is 0 Å². The van der Waals surface area contributed by atoms with Crippen LogP contribution in [0.25, 0.3) is 6.08 Å². The lowest BCUT2D eigenvalue weighted by Gasteiger charge is -2.37. The molecule has 1 aromatic rings. The molecule has 2 fully saturated rings. The highest BCUT2D eigenvalue weighted by atomic mass is 14.3. The van der Waals surface area contributed by atoms with Crippen molar-refractivity contribution in [2.45, 2.75) is 84.5 Å². The minimum absolute atomic E-state index is 0.623. The van der Waals surface area contributed by atoms with E-state index in [9.17, 15) is 0 Å². The summed E-state index contributed by atoms with van der Waals surface area (Å²) in [6.07, 6.45) is 19.8. The number of rotatable bonds is 5. The Labute approximate surface area is 167 Å². The SMILES string of the molecule is CC/C=C/c1ccc(C#CC2CCC(C3CCC(CCC)CC3)CC2)cc1. The Morgan fingerprint density at radius 3 is 2.07 bits per heavy atom. The molecule has 2 aliphatic carbocycles. The van der Waals surface area contributed by atoms with Crippen molar-refractivity contribution in [1.29, 1.82) is 0 Å². The molecule has 0 atom stereocenters. The van der Waals surface area contributed by atoms with E-state index in [2.05, 4.69) is 62.1 Å². The van der Waals surface area contributed by atoms with Crippen molar-refractivity contribution >= 4 is 6.08 Å². The highest BCUT2D eigenvalue weighted by molar-refractivity contribution is 5.51. The monoisotopic (exact) mass is 362 g/mol. The van der Waals surface area contributed by atoms with E-state index in [1.807, 2.05) is 0 Å². The quantitative estimate of drug-likeness (QED) is 0.467. The molecule has 0 bridgehead atoms. The predicted molar refractivity (Wildman–Crippen MR) is 118 cm³/mol. The second-order valence-electron chi connectivity index (χ2n) is 8.88.